The number of sulfonamides is 1. The van der Waals surface area contributed by atoms with Crippen LogP contribution < -0.4 is 10.0 Å². The zero-order valence-electron chi connectivity index (χ0n) is 12.1. The van der Waals surface area contributed by atoms with Crippen molar-refractivity contribution >= 4 is 27.5 Å². The smallest absolute Gasteiger partial charge is 0.241 e. The lowest BCUT2D eigenvalue weighted by atomic mass is 10.4. The Hall–Kier alpha value is -1.15. The van der Waals surface area contributed by atoms with Crippen molar-refractivity contribution in [1.29, 1.82) is 0 Å². The molecule has 0 atom stereocenters. The summed E-state index contributed by atoms with van der Waals surface area (Å²) in [5, 5.41) is 3.11. The Labute approximate surface area is 130 Å². The first kappa shape index (κ1) is 17.9. The summed E-state index contributed by atoms with van der Waals surface area (Å²) in [6, 6.07) is 5.74. The van der Waals surface area contributed by atoms with E-state index in [4.69, 9.17) is 11.6 Å². The van der Waals surface area contributed by atoms with Gasteiger partial charge in [0.25, 0.3) is 0 Å². The Morgan fingerprint density at radius 3 is 2.43 bits per heavy atom. The molecule has 2 N–H and O–H groups in total. The van der Waals surface area contributed by atoms with Gasteiger partial charge in [-0.05, 0) is 51.3 Å². The van der Waals surface area contributed by atoms with Crippen LogP contribution in [0, 0.1) is 0 Å². The van der Waals surface area contributed by atoms with Gasteiger partial charge in [0.15, 0.2) is 0 Å². The highest BCUT2D eigenvalue weighted by Crippen LogP contribution is 2.13. The van der Waals surface area contributed by atoms with Crippen LogP contribution >= 0.6 is 11.6 Å². The Morgan fingerprint density at radius 1 is 1.24 bits per heavy atom. The van der Waals surface area contributed by atoms with E-state index in [0.717, 1.165) is 13.0 Å². The maximum Gasteiger partial charge on any atom is 0.241 e. The number of nitrogens with one attached hydrogen (secondary N) is 2. The molecule has 0 spiro atoms. The van der Waals surface area contributed by atoms with Gasteiger partial charge in [-0.15, -0.1) is 0 Å². The highest BCUT2D eigenvalue weighted by Gasteiger charge is 2.14. The van der Waals surface area contributed by atoms with E-state index in [2.05, 4.69) is 10.0 Å². The van der Waals surface area contributed by atoms with Crippen molar-refractivity contribution in [2.24, 2.45) is 0 Å². The molecule has 6 nitrogen and oxygen atoms in total. The highest BCUT2D eigenvalue weighted by molar-refractivity contribution is 7.89. The molecule has 1 rings (SSSR count). The van der Waals surface area contributed by atoms with Crippen molar-refractivity contribution in [3.63, 3.8) is 0 Å². The largest absolute Gasteiger partial charge is 0.355 e. The minimum absolute atomic E-state index is 0.0762. The Morgan fingerprint density at radius 2 is 1.86 bits per heavy atom. The van der Waals surface area contributed by atoms with E-state index < -0.39 is 10.0 Å². The molecule has 1 amide bonds. The lowest BCUT2D eigenvalue weighted by Crippen LogP contribution is -2.37. The normalized spacial score (nSPS) is 11.6. The summed E-state index contributed by atoms with van der Waals surface area (Å²) in [6.07, 6.45) is 0.808. The lowest BCUT2D eigenvalue weighted by molar-refractivity contribution is -0.119. The zero-order valence-corrected chi connectivity index (χ0v) is 13.7. The van der Waals surface area contributed by atoms with Crippen LogP contribution in [0.15, 0.2) is 29.2 Å². The first-order valence-electron chi connectivity index (χ1n) is 6.48. The predicted octanol–water partition coefficient (Wildman–Crippen LogP) is 0.686. The molecule has 0 aromatic heterocycles. The van der Waals surface area contributed by atoms with Crippen molar-refractivity contribution in [2.75, 3.05) is 33.7 Å². The Kier molecular flexibility index (Phi) is 7.10. The minimum atomic E-state index is -3.69. The van der Waals surface area contributed by atoms with Crippen LogP contribution in [0.2, 0.25) is 5.02 Å². The highest BCUT2D eigenvalue weighted by atomic mass is 35.5. The van der Waals surface area contributed by atoms with Gasteiger partial charge in [0.2, 0.25) is 15.9 Å². The standard InChI is InChI=1S/C13H20ClN3O3S/c1-17(2)9-3-8-15-13(18)10-16-21(19,20)12-6-4-11(14)5-7-12/h4-7,16H,3,8-10H2,1-2H3,(H,15,18). The summed E-state index contributed by atoms with van der Waals surface area (Å²) in [7, 11) is 0.199. The van der Waals surface area contributed by atoms with E-state index in [-0.39, 0.29) is 17.3 Å². The second-order valence-electron chi connectivity index (χ2n) is 4.79. The second kappa shape index (κ2) is 8.33. The summed E-state index contributed by atoms with van der Waals surface area (Å²) in [5.41, 5.74) is 0. The number of benzene rings is 1. The van der Waals surface area contributed by atoms with Gasteiger partial charge in [0.05, 0.1) is 11.4 Å². The predicted molar refractivity (Wildman–Crippen MR) is 82.8 cm³/mol. The van der Waals surface area contributed by atoms with Crippen molar-refractivity contribution in [3.05, 3.63) is 29.3 Å². The molecule has 0 heterocycles. The van der Waals surface area contributed by atoms with E-state index >= 15 is 0 Å². The molecule has 0 saturated heterocycles. The third kappa shape index (κ3) is 6.90. The average molecular weight is 334 g/mol. The van der Waals surface area contributed by atoms with Gasteiger partial charge in [0, 0.05) is 11.6 Å². The van der Waals surface area contributed by atoms with Crippen molar-refractivity contribution in [2.45, 2.75) is 11.3 Å². The first-order chi connectivity index (χ1) is 9.81. The fraction of sp³-hybridized carbons (Fsp3) is 0.462. The summed E-state index contributed by atoms with van der Waals surface area (Å²) >= 11 is 5.70. The number of rotatable bonds is 8. The topological polar surface area (TPSA) is 78.5 Å². The third-order valence-corrected chi connectivity index (χ3v) is 4.32. The summed E-state index contributed by atoms with van der Waals surface area (Å²) in [6.45, 7) is 1.09. The number of hydrogen-bond donors (Lipinski definition) is 2. The number of hydrogen-bond acceptors (Lipinski definition) is 4. The van der Waals surface area contributed by atoms with Gasteiger partial charge < -0.3 is 10.2 Å². The van der Waals surface area contributed by atoms with E-state index in [9.17, 15) is 13.2 Å². The molecule has 0 radical (unpaired) electrons. The summed E-state index contributed by atoms with van der Waals surface area (Å²) < 4.78 is 26.1. The minimum Gasteiger partial charge on any atom is -0.355 e. The Balaban J connectivity index is 2.39. The van der Waals surface area contributed by atoms with Crippen LogP contribution in [-0.2, 0) is 14.8 Å². The molecular weight excluding hydrogens is 314 g/mol. The summed E-state index contributed by atoms with van der Waals surface area (Å²) in [5.74, 6) is -0.355. The molecule has 0 aliphatic carbocycles. The number of amides is 1. The lowest BCUT2D eigenvalue weighted by Gasteiger charge is -2.10. The molecule has 0 aliphatic rings. The molecule has 1 aromatic carbocycles. The molecular formula is C13H20ClN3O3S. The number of halogens is 1. The van der Waals surface area contributed by atoms with Gasteiger partial charge in [-0.1, -0.05) is 11.6 Å². The van der Waals surface area contributed by atoms with Crippen LogP contribution in [0.4, 0.5) is 0 Å². The van der Waals surface area contributed by atoms with Crippen LogP contribution in [-0.4, -0.2) is 53.0 Å². The number of nitrogens with zero attached hydrogens (tertiary/aromatic N) is 1. The molecule has 0 aliphatic heterocycles. The second-order valence-corrected chi connectivity index (χ2v) is 6.99. The number of carbonyl (C=O) groups excluding carboxylic acids is 1. The molecule has 0 unspecified atom stereocenters. The quantitative estimate of drug-likeness (QED) is 0.686. The fourth-order valence-corrected chi connectivity index (χ4v) is 2.65. The molecule has 1 aromatic rings. The maximum absolute atomic E-state index is 11.9. The van der Waals surface area contributed by atoms with Crippen LogP contribution in [0.3, 0.4) is 0 Å². The molecule has 21 heavy (non-hydrogen) atoms. The summed E-state index contributed by atoms with van der Waals surface area (Å²) in [4.78, 5) is 13.6. The monoisotopic (exact) mass is 333 g/mol. The van der Waals surface area contributed by atoms with Crippen molar-refractivity contribution in [3.8, 4) is 0 Å². The van der Waals surface area contributed by atoms with Crippen LogP contribution in [0.1, 0.15) is 6.42 Å². The van der Waals surface area contributed by atoms with E-state index in [1.54, 1.807) is 0 Å². The first-order valence-corrected chi connectivity index (χ1v) is 8.34. The van der Waals surface area contributed by atoms with Gasteiger partial charge in [-0.2, -0.15) is 0 Å². The van der Waals surface area contributed by atoms with Crippen LogP contribution in [0.5, 0.6) is 0 Å². The molecule has 8 heteroatoms. The molecule has 0 bridgehead atoms. The van der Waals surface area contributed by atoms with Crippen LogP contribution in [0.25, 0.3) is 0 Å². The van der Waals surface area contributed by atoms with E-state index in [0.29, 0.717) is 11.6 Å². The van der Waals surface area contributed by atoms with E-state index in [1.165, 1.54) is 24.3 Å². The van der Waals surface area contributed by atoms with Gasteiger partial charge >= 0.3 is 0 Å². The van der Waals surface area contributed by atoms with Gasteiger partial charge in [-0.25, -0.2) is 13.1 Å². The molecule has 0 fully saturated rings. The third-order valence-electron chi connectivity index (χ3n) is 2.65. The Bertz CT molecular complexity index is 559. The van der Waals surface area contributed by atoms with Crippen molar-refractivity contribution in [1.82, 2.24) is 14.9 Å². The SMILES string of the molecule is CN(C)CCCNC(=O)CNS(=O)(=O)c1ccc(Cl)cc1. The fourth-order valence-electron chi connectivity index (χ4n) is 1.54. The van der Waals surface area contributed by atoms with Crippen molar-refractivity contribution < 1.29 is 13.2 Å². The average Bonchev–Trinajstić information content (AvgIpc) is 2.42. The zero-order chi connectivity index (χ0) is 15.9. The maximum atomic E-state index is 11.9. The van der Waals surface area contributed by atoms with Gasteiger partial charge in [0.1, 0.15) is 0 Å². The van der Waals surface area contributed by atoms with E-state index in [1.807, 2.05) is 19.0 Å². The molecule has 0 saturated carbocycles. The molecule has 118 valence electrons. The number of carbonyl (C=O) groups is 1. The van der Waals surface area contributed by atoms with Gasteiger partial charge in [-0.3, -0.25) is 4.79 Å².